The van der Waals surface area contributed by atoms with Crippen LogP contribution in [0.1, 0.15) is 36.8 Å². The van der Waals surface area contributed by atoms with Crippen LogP contribution in [0, 0.1) is 12.8 Å². The lowest BCUT2D eigenvalue weighted by Gasteiger charge is -2.27. The molecule has 132 valence electrons. The average molecular weight is 339 g/mol. The first kappa shape index (κ1) is 17.5. The van der Waals surface area contributed by atoms with Crippen LogP contribution in [0.25, 0.3) is 0 Å². The molecule has 1 aliphatic rings. The lowest BCUT2D eigenvalue weighted by Crippen LogP contribution is -2.34. The van der Waals surface area contributed by atoms with Gasteiger partial charge in [0.15, 0.2) is 0 Å². The van der Waals surface area contributed by atoms with Crippen molar-refractivity contribution in [1.29, 1.82) is 0 Å². The lowest BCUT2D eigenvalue weighted by molar-refractivity contribution is -0.142. The number of hydrogen-bond donors (Lipinski definition) is 2. The van der Waals surface area contributed by atoms with E-state index >= 15 is 0 Å². The number of hydrogen-bond acceptors (Lipinski definition) is 3. The van der Waals surface area contributed by atoms with Gasteiger partial charge in [-0.3, -0.25) is 4.79 Å². The maximum atomic E-state index is 11.1. The average Bonchev–Trinajstić information content (AvgIpc) is 2.62. The standard InChI is InChI=1S/C21H25NO3/c1-15-7-8-17(20(13-15)25-19-5-3-2-4-6-19)14-22-18-11-9-16(10-12-18)21(23)24/h2-8,13,16,18,22H,9-12,14H2,1H3,(H,23,24). The monoisotopic (exact) mass is 339 g/mol. The SMILES string of the molecule is Cc1ccc(CNC2CCC(C(=O)O)CC2)c(Oc2ccccc2)c1. The summed E-state index contributed by atoms with van der Waals surface area (Å²) in [6.45, 7) is 2.78. The smallest absolute Gasteiger partial charge is 0.306 e. The third kappa shape index (κ3) is 4.83. The molecule has 0 spiro atoms. The van der Waals surface area contributed by atoms with Crippen LogP contribution >= 0.6 is 0 Å². The molecule has 1 fully saturated rings. The van der Waals surface area contributed by atoms with Crippen LogP contribution in [-0.2, 0) is 11.3 Å². The van der Waals surface area contributed by atoms with Crippen LogP contribution in [0.2, 0.25) is 0 Å². The number of carboxylic acids is 1. The third-order valence-electron chi connectivity index (χ3n) is 4.85. The van der Waals surface area contributed by atoms with E-state index in [2.05, 4.69) is 30.4 Å². The molecule has 0 aromatic heterocycles. The molecule has 0 heterocycles. The van der Waals surface area contributed by atoms with Crippen molar-refractivity contribution in [2.45, 2.75) is 45.2 Å². The van der Waals surface area contributed by atoms with Gasteiger partial charge >= 0.3 is 5.97 Å². The lowest BCUT2D eigenvalue weighted by atomic mass is 9.86. The fourth-order valence-corrected chi connectivity index (χ4v) is 3.32. The zero-order valence-electron chi connectivity index (χ0n) is 14.6. The number of benzene rings is 2. The van der Waals surface area contributed by atoms with Crippen molar-refractivity contribution >= 4 is 5.97 Å². The molecule has 2 N–H and O–H groups in total. The Morgan fingerprint density at radius 1 is 1.12 bits per heavy atom. The largest absolute Gasteiger partial charge is 0.481 e. The molecule has 4 nitrogen and oxygen atoms in total. The highest BCUT2D eigenvalue weighted by Gasteiger charge is 2.25. The molecule has 0 aliphatic heterocycles. The highest BCUT2D eigenvalue weighted by molar-refractivity contribution is 5.70. The van der Waals surface area contributed by atoms with E-state index in [4.69, 9.17) is 9.84 Å². The van der Waals surface area contributed by atoms with E-state index < -0.39 is 5.97 Å². The van der Waals surface area contributed by atoms with Gasteiger partial charge in [0.2, 0.25) is 0 Å². The Hall–Kier alpha value is -2.33. The fourth-order valence-electron chi connectivity index (χ4n) is 3.32. The van der Waals surface area contributed by atoms with Gasteiger partial charge in [0.25, 0.3) is 0 Å². The van der Waals surface area contributed by atoms with Crippen molar-refractivity contribution in [3.63, 3.8) is 0 Å². The number of para-hydroxylation sites is 1. The number of aryl methyl sites for hydroxylation is 1. The number of rotatable bonds is 6. The molecule has 1 aliphatic carbocycles. The van der Waals surface area contributed by atoms with Gasteiger partial charge in [-0.25, -0.2) is 0 Å². The first-order chi connectivity index (χ1) is 12.1. The third-order valence-corrected chi connectivity index (χ3v) is 4.85. The van der Waals surface area contributed by atoms with Crippen molar-refractivity contribution < 1.29 is 14.6 Å². The van der Waals surface area contributed by atoms with Crippen LogP contribution < -0.4 is 10.1 Å². The van der Waals surface area contributed by atoms with Crippen molar-refractivity contribution in [2.75, 3.05) is 0 Å². The number of carboxylic acid groups (broad SMARTS) is 1. The quantitative estimate of drug-likeness (QED) is 0.812. The minimum Gasteiger partial charge on any atom is -0.481 e. The summed E-state index contributed by atoms with van der Waals surface area (Å²) in [5.74, 6) is 0.874. The summed E-state index contributed by atoms with van der Waals surface area (Å²) < 4.78 is 6.06. The van der Waals surface area contributed by atoms with Crippen LogP contribution in [0.4, 0.5) is 0 Å². The van der Waals surface area contributed by atoms with Crippen molar-refractivity contribution in [3.05, 3.63) is 59.7 Å². The first-order valence-electron chi connectivity index (χ1n) is 8.90. The molecule has 0 unspecified atom stereocenters. The molecule has 0 radical (unpaired) electrons. The maximum absolute atomic E-state index is 11.1. The molecular weight excluding hydrogens is 314 g/mol. The van der Waals surface area contributed by atoms with Gasteiger partial charge in [0.1, 0.15) is 11.5 Å². The Labute approximate surface area is 148 Å². The highest BCUT2D eigenvalue weighted by Crippen LogP contribution is 2.28. The summed E-state index contributed by atoms with van der Waals surface area (Å²) in [5, 5.41) is 12.7. The van der Waals surface area contributed by atoms with Gasteiger partial charge in [-0.1, -0.05) is 30.3 Å². The molecule has 3 rings (SSSR count). The van der Waals surface area contributed by atoms with Gasteiger partial charge in [0, 0.05) is 18.2 Å². The number of nitrogens with one attached hydrogen (secondary N) is 1. The Balaban J connectivity index is 1.62. The van der Waals surface area contributed by atoms with E-state index in [9.17, 15) is 4.79 Å². The minimum absolute atomic E-state index is 0.172. The molecule has 0 saturated heterocycles. The van der Waals surface area contributed by atoms with Gasteiger partial charge < -0.3 is 15.2 Å². The van der Waals surface area contributed by atoms with E-state index in [0.29, 0.717) is 6.04 Å². The molecule has 4 heteroatoms. The second-order valence-electron chi connectivity index (χ2n) is 6.79. The molecule has 0 atom stereocenters. The number of ether oxygens (including phenoxy) is 1. The first-order valence-corrected chi connectivity index (χ1v) is 8.90. The summed E-state index contributed by atoms with van der Waals surface area (Å²) >= 11 is 0. The molecule has 2 aromatic carbocycles. The summed E-state index contributed by atoms with van der Waals surface area (Å²) in [5.41, 5.74) is 2.28. The molecule has 25 heavy (non-hydrogen) atoms. The number of aliphatic carboxylic acids is 1. The fraction of sp³-hybridized carbons (Fsp3) is 0.381. The van der Waals surface area contributed by atoms with Crippen LogP contribution in [0.5, 0.6) is 11.5 Å². The Bertz CT molecular complexity index is 706. The Morgan fingerprint density at radius 3 is 2.52 bits per heavy atom. The van der Waals surface area contributed by atoms with Gasteiger partial charge in [-0.15, -0.1) is 0 Å². The summed E-state index contributed by atoms with van der Waals surface area (Å²) in [4.78, 5) is 11.1. The van der Waals surface area contributed by atoms with E-state index in [1.54, 1.807) is 0 Å². The van der Waals surface area contributed by atoms with Gasteiger partial charge in [0.05, 0.1) is 5.92 Å². The van der Waals surface area contributed by atoms with Crippen molar-refractivity contribution in [1.82, 2.24) is 5.32 Å². The predicted molar refractivity (Wildman–Crippen MR) is 97.9 cm³/mol. The highest BCUT2D eigenvalue weighted by atomic mass is 16.5. The Morgan fingerprint density at radius 2 is 1.84 bits per heavy atom. The van der Waals surface area contributed by atoms with Gasteiger partial charge in [-0.2, -0.15) is 0 Å². The second kappa shape index (κ2) is 8.17. The minimum atomic E-state index is -0.657. The Kier molecular flexibility index (Phi) is 5.71. The zero-order chi connectivity index (χ0) is 17.6. The van der Waals surface area contributed by atoms with Gasteiger partial charge in [-0.05, 0) is 56.4 Å². The van der Waals surface area contributed by atoms with Crippen molar-refractivity contribution in [2.24, 2.45) is 5.92 Å². The molecule has 2 aromatic rings. The van der Waals surface area contributed by atoms with E-state index in [1.165, 1.54) is 0 Å². The van der Waals surface area contributed by atoms with Crippen molar-refractivity contribution in [3.8, 4) is 11.5 Å². The summed E-state index contributed by atoms with van der Waals surface area (Å²) in [6, 6.07) is 16.4. The normalized spacial score (nSPS) is 20.2. The summed E-state index contributed by atoms with van der Waals surface area (Å²) in [7, 11) is 0. The molecule has 0 amide bonds. The second-order valence-corrected chi connectivity index (χ2v) is 6.79. The van der Waals surface area contributed by atoms with Crippen LogP contribution in [0.15, 0.2) is 48.5 Å². The van der Waals surface area contributed by atoms with Crippen LogP contribution in [0.3, 0.4) is 0 Å². The topological polar surface area (TPSA) is 58.6 Å². The van der Waals surface area contributed by atoms with E-state index in [0.717, 1.165) is 54.9 Å². The zero-order valence-corrected chi connectivity index (χ0v) is 14.6. The summed E-state index contributed by atoms with van der Waals surface area (Å²) in [6.07, 6.45) is 3.35. The predicted octanol–water partition coefficient (Wildman–Crippen LogP) is 4.52. The van der Waals surface area contributed by atoms with E-state index in [1.807, 2.05) is 30.3 Å². The number of carbonyl (C=O) groups is 1. The molecular formula is C21H25NO3. The molecule has 0 bridgehead atoms. The maximum Gasteiger partial charge on any atom is 0.306 e. The van der Waals surface area contributed by atoms with Crippen LogP contribution in [-0.4, -0.2) is 17.1 Å². The molecule has 1 saturated carbocycles. The van der Waals surface area contributed by atoms with E-state index in [-0.39, 0.29) is 5.92 Å².